The van der Waals surface area contributed by atoms with Crippen LogP contribution >= 0.6 is 34.8 Å². The number of halogens is 3. The summed E-state index contributed by atoms with van der Waals surface area (Å²) in [5, 5.41) is 2.32. The number of hydrogen-bond acceptors (Lipinski definition) is 2. The molecule has 0 aliphatic rings. The van der Waals surface area contributed by atoms with Crippen molar-refractivity contribution in [2.45, 2.75) is 10.7 Å². The van der Waals surface area contributed by atoms with Crippen molar-refractivity contribution in [1.29, 1.82) is 0 Å². The van der Waals surface area contributed by atoms with Crippen LogP contribution in [0.25, 0.3) is 0 Å². The topological polar surface area (TPSA) is 46.2 Å². The molecule has 0 fully saturated rings. The first-order chi connectivity index (χ1) is 7.32. The van der Waals surface area contributed by atoms with Crippen molar-refractivity contribution in [1.82, 2.24) is 5.32 Å². The van der Waals surface area contributed by atoms with Crippen LogP contribution in [0.2, 0.25) is 0 Å². The minimum Gasteiger partial charge on any atom is -0.322 e. The summed E-state index contributed by atoms with van der Waals surface area (Å²) < 4.78 is -2.07. The van der Waals surface area contributed by atoms with Gasteiger partial charge in [0.25, 0.3) is 9.70 Å². The van der Waals surface area contributed by atoms with Crippen molar-refractivity contribution >= 4 is 47.0 Å². The molecule has 0 radical (unpaired) electrons. The molecule has 6 heteroatoms. The van der Waals surface area contributed by atoms with Crippen LogP contribution in [0.15, 0.2) is 36.1 Å². The first-order valence-electron chi connectivity index (χ1n) is 4.16. The Labute approximate surface area is 109 Å². The van der Waals surface area contributed by atoms with E-state index < -0.39 is 9.70 Å². The average molecular weight is 283 g/mol. The fourth-order valence-corrected chi connectivity index (χ4v) is 0.834. The molecule has 0 aromatic rings. The fraction of sp³-hybridized carbons (Fsp3) is 0.200. The number of alkyl halides is 3. The zero-order chi connectivity index (χ0) is 12.8. The highest BCUT2D eigenvalue weighted by atomic mass is 35.6. The molecular weight excluding hydrogens is 272 g/mol. The molecule has 0 spiro atoms. The molecule has 3 nitrogen and oxygen atoms in total. The highest BCUT2D eigenvalue weighted by Gasteiger charge is 2.30. The summed E-state index contributed by atoms with van der Waals surface area (Å²) in [6.07, 6.45) is 5.09. The zero-order valence-corrected chi connectivity index (χ0v) is 10.7. The van der Waals surface area contributed by atoms with Crippen molar-refractivity contribution in [3.05, 3.63) is 36.1 Å². The van der Waals surface area contributed by atoms with Gasteiger partial charge in [-0.1, -0.05) is 53.5 Å². The number of hydrogen-bond donors (Lipinski definition) is 1. The largest absolute Gasteiger partial charge is 0.322 e. The quantitative estimate of drug-likeness (QED) is 0.373. The first kappa shape index (κ1) is 15.2. The van der Waals surface area contributed by atoms with Crippen molar-refractivity contribution in [3.8, 4) is 0 Å². The standard InChI is InChI=1S/C10H10Cl3NO2/c1-3-4-5-8(7(2)6-15)14-9(16)10(11,12)13/h3-6H,1H2,2H3,(H,14,16)/b5-4-,8-7-. The molecule has 0 aliphatic carbocycles. The highest BCUT2D eigenvalue weighted by molar-refractivity contribution is 6.76. The van der Waals surface area contributed by atoms with Gasteiger partial charge in [-0.15, -0.1) is 0 Å². The van der Waals surface area contributed by atoms with Gasteiger partial charge in [0.05, 0.1) is 0 Å². The minimum absolute atomic E-state index is 0.256. The molecule has 1 N–H and O–H groups in total. The normalized spacial score (nSPS) is 13.2. The maximum atomic E-state index is 11.3. The first-order valence-corrected chi connectivity index (χ1v) is 5.29. The Morgan fingerprint density at radius 3 is 2.31 bits per heavy atom. The summed E-state index contributed by atoms with van der Waals surface area (Å²) in [6.45, 7) is 4.98. The Morgan fingerprint density at radius 2 is 1.94 bits per heavy atom. The van der Waals surface area contributed by atoms with Crippen molar-refractivity contribution in [2.75, 3.05) is 0 Å². The molecule has 16 heavy (non-hydrogen) atoms. The lowest BCUT2D eigenvalue weighted by atomic mass is 10.2. The van der Waals surface area contributed by atoms with Gasteiger partial charge in [-0.3, -0.25) is 9.59 Å². The predicted molar refractivity (Wildman–Crippen MR) is 66.5 cm³/mol. The van der Waals surface area contributed by atoms with E-state index in [9.17, 15) is 9.59 Å². The van der Waals surface area contributed by atoms with E-state index >= 15 is 0 Å². The van der Waals surface area contributed by atoms with Crippen LogP contribution in [0.4, 0.5) is 0 Å². The number of carbonyl (C=O) groups is 2. The van der Waals surface area contributed by atoms with Gasteiger partial charge in [-0.2, -0.15) is 0 Å². The van der Waals surface area contributed by atoms with Gasteiger partial charge in [0, 0.05) is 11.3 Å². The smallest absolute Gasteiger partial charge is 0.276 e. The highest BCUT2D eigenvalue weighted by Crippen LogP contribution is 2.26. The molecule has 0 unspecified atom stereocenters. The van der Waals surface area contributed by atoms with E-state index in [0.29, 0.717) is 11.9 Å². The Morgan fingerprint density at radius 1 is 1.38 bits per heavy atom. The second-order valence-electron chi connectivity index (χ2n) is 2.76. The van der Waals surface area contributed by atoms with E-state index in [1.165, 1.54) is 19.1 Å². The van der Waals surface area contributed by atoms with Crippen LogP contribution in [0.1, 0.15) is 6.92 Å². The van der Waals surface area contributed by atoms with E-state index in [-0.39, 0.29) is 5.70 Å². The van der Waals surface area contributed by atoms with Gasteiger partial charge in [-0.05, 0) is 13.0 Å². The van der Waals surface area contributed by atoms with Gasteiger partial charge in [0.1, 0.15) is 6.29 Å². The molecule has 0 aliphatic heterocycles. The van der Waals surface area contributed by atoms with Gasteiger partial charge in [0.15, 0.2) is 0 Å². The van der Waals surface area contributed by atoms with Crippen LogP contribution in [-0.2, 0) is 9.59 Å². The van der Waals surface area contributed by atoms with Crippen molar-refractivity contribution in [3.63, 3.8) is 0 Å². The Balaban J connectivity index is 4.98. The van der Waals surface area contributed by atoms with Crippen LogP contribution in [0.5, 0.6) is 0 Å². The van der Waals surface area contributed by atoms with Crippen LogP contribution in [0, 0.1) is 0 Å². The Bertz CT molecular complexity index is 354. The van der Waals surface area contributed by atoms with E-state index in [0.717, 1.165) is 0 Å². The lowest BCUT2D eigenvalue weighted by Crippen LogP contribution is -2.34. The van der Waals surface area contributed by atoms with E-state index in [1.807, 2.05) is 0 Å². The maximum Gasteiger partial charge on any atom is 0.276 e. The zero-order valence-electron chi connectivity index (χ0n) is 8.47. The molecule has 0 aromatic heterocycles. The third-order valence-electron chi connectivity index (χ3n) is 1.51. The third kappa shape index (κ3) is 5.35. The molecule has 0 saturated heterocycles. The van der Waals surface area contributed by atoms with Gasteiger partial charge < -0.3 is 5.32 Å². The summed E-state index contributed by atoms with van der Waals surface area (Å²) in [5.41, 5.74) is 0.562. The minimum atomic E-state index is -2.07. The van der Waals surface area contributed by atoms with Gasteiger partial charge in [-0.25, -0.2) is 0 Å². The predicted octanol–water partition coefficient (Wildman–Crippen LogP) is 2.69. The molecule has 88 valence electrons. The number of nitrogens with one attached hydrogen (secondary N) is 1. The number of carbonyl (C=O) groups excluding carboxylic acids is 2. The van der Waals surface area contributed by atoms with Crippen LogP contribution < -0.4 is 5.32 Å². The summed E-state index contributed by atoms with van der Waals surface area (Å²) in [5.74, 6) is -0.831. The Kier molecular flexibility index (Phi) is 6.41. The number of amides is 1. The Hall–Kier alpha value is -0.770. The number of aldehydes is 1. The molecule has 0 saturated carbocycles. The van der Waals surface area contributed by atoms with Gasteiger partial charge >= 0.3 is 0 Å². The van der Waals surface area contributed by atoms with E-state index in [4.69, 9.17) is 34.8 Å². The summed E-state index contributed by atoms with van der Waals surface area (Å²) in [4.78, 5) is 21.9. The number of allylic oxidation sites excluding steroid dienone is 4. The summed E-state index contributed by atoms with van der Waals surface area (Å²) >= 11 is 16.1. The molecule has 0 atom stereocenters. The monoisotopic (exact) mass is 281 g/mol. The van der Waals surface area contributed by atoms with E-state index in [1.54, 1.807) is 6.08 Å². The van der Waals surface area contributed by atoms with Crippen LogP contribution in [0.3, 0.4) is 0 Å². The lowest BCUT2D eigenvalue weighted by molar-refractivity contribution is -0.119. The van der Waals surface area contributed by atoms with E-state index in [2.05, 4.69) is 11.9 Å². The molecular formula is C10H10Cl3NO2. The number of rotatable bonds is 4. The van der Waals surface area contributed by atoms with Crippen molar-refractivity contribution < 1.29 is 9.59 Å². The fourth-order valence-electron chi connectivity index (χ4n) is 0.693. The average Bonchev–Trinajstić information content (AvgIpc) is 2.21. The summed E-state index contributed by atoms with van der Waals surface area (Å²) in [7, 11) is 0. The van der Waals surface area contributed by atoms with Gasteiger partial charge in [0.2, 0.25) is 0 Å². The summed E-state index contributed by atoms with van der Waals surface area (Å²) in [6, 6.07) is 0. The molecule has 0 aromatic carbocycles. The SMILES string of the molecule is C=C/C=C\C(NC(=O)C(Cl)(Cl)Cl)=C(/C)C=O. The molecule has 0 rings (SSSR count). The molecule has 0 heterocycles. The lowest BCUT2D eigenvalue weighted by Gasteiger charge is -2.12. The molecule has 0 bridgehead atoms. The maximum absolute atomic E-state index is 11.3. The van der Waals surface area contributed by atoms with Crippen LogP contribution in [-0.4, -0.2) is 16.0 Å². The molecule has 1 amide bonds. The second kappa shape index (κ2) is 6.74. The van der Waals surface area contributed by atoms with Crippen molar-refractivity contribution in [2.24, 2.45) is 0 Å². The third-order valence-corrected chi connectivity index (χ3v) is 2.02. The second-order valence-corrected chi connectivity index (χ2v) is 5.04.